The molecular formula is C11H23NO2. The van der Waals surface area contributed by atoms with E-state index < -0.39 is 0 Å². The highest BCUT2D eigenvalue weighted by Gasteiger charge is 2.31. The summed E-state index contributed by atoms with van der Waals surface area (Å²) in [4.78, 5) is 0. The largest absolute Gasteiger partial charge is 0.633 e. The van der Waals surface area contributed by atoms with Crippen molar-refractivity contribution in [3.05, 3.63) is 5.21 Å². The maximum absolute atomic E-state index is 12.0. The van der Waals surface area contributed by atoms with Crippen molar-refractivity contribution in [2.45, 2.75) is 51.7 Å². The molecule has 0 aromatic rings. The molecule has 3 heteroatoms. The van der Waals surface area contributed by atoms with Gasteiger partial charge in [0.1, 0.15) is 25.3 Å². The van der Waals surface area contributed by atoms with Crippen LogP contribution < -0.4 is 0 Å². The van der Waals surface area contributed by atoms with Gasteiger partial charge in [0.2, 0.25) is 0 Å². The van der Waals surface area contributed by atoms with Crippen LogP contribution in [-0.4, -0.2) is 37.0 Å². The van der Waals surface area contributed by atoms with E-state index in [1.807, 2.05) is 0 Å². The zero-order chi connectivity index (χ0) is 10.6. The molecule has 0 radical (unpaired) electrons. The third-order valence-corrected chi connectivity index (χ3v) is 2.79. The molecule has 0 aliphatic carbocycles. The van der Waals surface area contributed by atoms with Gasteiger partial charge in [-0.1, -0.05) is 26.7 Å². The summed E-state index contributed by atoms with van der Waals surface area (Å²) in [5.74, 6) is 0. The minimum atomic E-state index is -0.116. The number of quaternary nitrogens is 1. The monoisotopic (exact) mass is 201 g/mol. The number of ether oxygens (including phenoxy) is 1. The van der Waals surface area contributed by atoms with Crippen LogP contribution in [0.2, 0.25) is 0 Å². The van der Waals surface area contributed by atoms with E-state index in [9.17, 15) is 5.21 Å². The van der Waals surface area contributed by atoms with Crippen molar-refractivity contribution in [1.82, 2.24) is 0 Å². The van der Waals surface area contributed by atoms with E-state index in [2.05, 4.69) is 13.8 Å². The van der Waals surface area contributed by atoms with Crippen LogP contribution in [0.15, 0.2) is 0 Å². The molecule has 0 bridgehead atoms. The molecule has 1 fully saturated rings. The Morgan fingerprint density at radius 3 is 1.93 bits per heavy atom. The van der Waals surface area contributed by atoms with Gasteiger partial charge in [0.15, 0.2) is 0 Å². The number of nitrogens with zero attached hydrogens (tertiary/aromatic N) is 1. The van der Waals surface area contributed by atoms with Gasteiger partial charge in [-0.05, 0) is 12.8 Å². The maximum Gasteiger partial charge on any atom is 0.107 e. The van der Waals surface area contributed by atoms with E-state index in [4.69, 9.17) is 4.74 Å². The molecule has 0 amide bonds. The lowest BCUT2D eigenvalue weighted by Gasteiger charge is -2.47. The molecule has 1 aliphatic rings. The predicted molar refractivity (Wildman–Crippen MR) is 57.8 cm³/mol. The minimum absolute atomic E-state index is 0.116. The fourth-order valence-electron chi connectivity index (χ4n) is 2.26. The molecule has 1 saturated heterocycles. The number of hydroxylamine groups is 3. The van der Waals surface area contributed by atoms with Crippen molar-refractivity contribution in [2.75, 3.05) is 20.1 Å². The van der Waals surface area contributed by atoms with Crippen molar-refractivity contribution in [3.63, 3.8) is 0 Å². The van der Waals surface area contributed by atoms with Crippen molar-refractivity contribution >= 4 is 0 Å². The molecule has 84 valence electrons. The Morgan fingerprint density at radius 1 is 1.14 bits per heavy atom. The summed E-state index contributed by atoms with van der Waals surface area (Å²) in [6.07, 6.45) is 4.63. The minimum Gasteiger partial charge on any atom is -0.633 e. The SMILES string of the molecule is CCCC1C[N+](C)([O-])CC(CCC)O1. The average Bonchev–Trinajstić information content (AvgIpc) is 2.01. The Bertz CT molecular complexity index is 155. The fraction of sp³-hybridized carbons (Fsp3) is 1.00. The summed E-state index contributed by atoms with van der Waals surface area (Å²) >= 11 is 0. The summed E-state index contributed by atoms with van der Waals surface area (Å²) in [5.41, 5.74) is 0. The van der Waals surface area contributed by atoms with Crippen LogP contribution in [0.5, 0.6) is 0 Å². The molecule has 1 heterocycles. The van der Waals surface area contributed by atoms with Gasteiger partial charge in [0.25, 0.3) is 0 Å². The summed E-state index contributed by atoms with van der Waals surface area (Å²) in [6, 6.07) is 0. The van der Waals surface area contributed by atoms with Gasteiger partial charge in [-0.15, -0.1) is 0 Å². The van der Waals surface area contributed by atoms with E-state index in [1.54, 1.807) is 7.05 Å². The lowest BCUT2D eigenvalue weighted by molar-refractivity contribution is -0.877. The van der Waals surface area contributed by atoms with E-state index in [0.29, 0.717) is 13.1 Å². The van der Waals surface area contributed by atoms with Gasteiger partial charge < -0.3 is 14.6 Å². The van der Waals surface area contributed by atoms with Crippen LogP contribution in [0.3, 0.4) is 0 Å². The van der Waals surface area contributed by atoms with Gasteiger partial charge in [-0.25, -0.2) is 0 Å². The second kappa shape index (κ2) is 5.10. The molecular weight excluding hydrogens is 178 g/mol. The maximum atomic E-state index is 12.0. The Balaban J connectivity index is 2.48. The number of rotatable bonds is 4. The highest BCUT2D eigenvalue weighted by Crippen LogP contribution is 2.21. The molecule has 2 unspecified atom stereocenters. The molecule has 1 aliphatic heterocycles. The summed E-state index contributed by atoms with van der Waals surface area (Å²) in [7, 11) is 1.77. The summed E-state index contributed by atoms with van der Waals surface area (Å²) in [5, 5.41) is 12.0. The zero-order valence-electron chi connectivity index (χ0n) is 9.66. The Labute approximate surface area is 87.2 Å². The van der Waals surface area contributed by atoms with E-state index in [1.165, 1.54) is 0 Å². The predicted octanol–water partition coefficient (Wildman–Crippen LogP) is 2.30. The van der Waals surface area contributed by atoms with E-state index in [-0.39, 0.29) is 16.9 Å². The number of morpholine rings is 1. The van der Waals surface area contributed by atoms with Crippen LogP contribution in [0.4, 0.5) is 0 Å². The topological polar surface area (TPSA) is 32.3 Å². The van der Waals surface area contributed by atoms with Crippen LogP contribution >= 0.6 is 0 Å². The Hall–Kier alpha value is -0.120. The fourth-order valence-corrected chi connectivity index (χ4v) is 2.26. The van der Waals surface area contributed by atoms with Crippen molar-refractivity contribution in [1.29, 1.82) is 0 Å². The quantitative estimate of drug-likeness (QED) is 0.516. The summed E-state index contributed by atoms with van der Waals surface area (Å²) in [6.45, 7) is 5.55. The van der Waals surface area contributed by atoms with Gasteiger partial charge in [0, 0.05) is 0 Å². The zero-order valence-corrected chi connectivity index (χ0v) is 9.66. The first-order chi connectivity index (χ1) is 6.57. The smallest absolute Gasteiger partial charge is 0.107 e. The van der Waals surface area contributed by atoms with Gasteiger partial charge in [-0.2, -0.15) is 0 Å². The number of hydrogen-bond donors (Lipinski definition) is 0. The average molecular weight is 201 g/mol. The molecule has 0 saturated carbocycles. The van der Waals surface area contributed by atoms with E-state index >= 15 is 0 Å². The summed E-state index contributed by atoms with van der Waals surface area (Å²) < 4.78 is 5.77. The van der Waals surface area contributed by atoms with Crippen LogP contribution in [-0.2, 0) is 4.74 Å². The van der Waals surface area contributed by atoms with Gasteiger partial charge in [0.05, 0.1) is 7.05 Å². The lowest BCUT2D eigenvalue weighted by atomic mass is 10.1. The molecule has 2 atom stereocenters. The van der Waals surface area contributed by atoms with Crippen molar-refractivity contribution < 1.29 is 9.38 Å². The normalized spacial score (nSPS) is 38.6. The van der Waals surface area contributed by atoms with Gasteiger partial charge >= 0.3 is 0 Å². The molecule has 0 spiro atoms. The third kappa shape index (κ3) is 3.56. The van der Waals surface area contributed by atoms with E-state index in [0.717, 1.165) is 25.7 Å². The molecule has 0 aromatic heterocycles. The first-order valence-electron chi connectivity index (χ1n) is 5.78. The molecule has 3 nitrogen and oxygen atoms in total. The van der Waals surface area contributed by atoms with Crippen LogP contribution in [0.1, 0.15) is 39.5 Å². The van der Waals surface area contributed by atoms with Crippen LogP contribution in [0, 0.1) is 5.21 Å². The Kier molecular flexibility index (Phi) is 4.35. The second-order valence-corrected chi connectivity index (χ2v) is 4.62. The van der Waals surface area contributed by atoms with Crippen molar-refractivity contribution in [2.24, 2.45) is 0 Å². The highest BCUT2D eigenvalue weighted by atomic mass is 16.6. The number of hydrogen-bond acceptors (Lipinski definition) is 2. The number of likely N-dealkylation sites (N-methyl/N-ethyl adjacent to an activating group) is 1. The third-order valence-electron chi connectivity index (χ3n) is 2.79. The van der Waals surface area contributed by atoms with Crippen LogP contribution in [0.25, 0.3) is 0 Å². The highest BCUT2D eigenvalue weighted by molar-refractivity contribution is 4.69. The first kappa shape index (κ1) is 12.0. The molecule has 0 aromatic carbocycles. The van der Waals surface area contributed by atoms with Gasteiger partial charge in [-0.3, -0.25) is 0 Å². The molecule has 0 N–H and O–H groups in total. The van der Waals surface area contributed by atoms with Crippen molar-refractivity contribution in [3.8, 4) is 0 Å². The lowest BCUT2D eigenvalue weighted by Crippen LogP contribution is -2.55. The molecule has 1 rings (SSSR count). The standard InChI is InChI=1S/C11H23NO2/c1-4-6-10-8-12(3,13)9-11(14-10)7-5-2/h10-11H,4-9H2,1-3H3. The first-order valence-corrected chi connectivity index (χ1v) is 5.78. The Morgan fingerprint density at radius 2 is 1.57 bits per heavy atom. The second-order valence-electron chi connectivity index (χ2n) is 4.62. The molecule has 14 heavy (non-hydrogen) atoms.